The number of carbonyl (C=O) groups excluding carboxylic acids is 3. The van der Waals surface area contributed by atoms with Crippen LogP contribution < -0.4 is 5.43 Å². The summed E-state index contributed by atoms with van der Waals surface area (Å²) in [4.78, 5) is 37.8. The molecule has 0 aromatic heterocycles. The van der Waals surface area contributed by atoms with Gasteiger partial charge >= 0.3 is 5.97 Å². The number of likely N-dealkylation sites (tertiary alicyclic amines) is 1. The SMILES string of the molecule is COC(=O)C1=NN[C@@H]2C(=O)N(C3CCCCC3)C(=O)[C@H]12. The van der Waals surface area contributed by atoms with Crippen LogP contribution in [0.25, 0.3) is 0 Å². The molecule has 0 bridgehead atoms. The van der Waals surface area contributed by atoms with Crippen molar-refractivity contribution in [2.24, 2.45) is 11.0 Å². The van der Waals surface area contributed by atoms with Gasteiger partial charge in [-0.1, -0.05) is 19.3 Å². The van der Waals surface area contributed by atoms with Crippen LogP contribution in [-0.4, -0.2) is 47.6 Å². The molecule has 1 aliphatic carbocycles. The Kier molecular flexibility index (Phi) is 3.19. The number of rotatable bonds is 2. The van der Waals surface area contributed by atoms with Crippen molar-refractivity contribution in [2.45, 2.75) is 44.2 Å². The number of hydrogen-bond acceptors (Lipinski definition) is 6. The van der Waals surface area contributed by atoms with E-state index in [1.807, 2.05) is 0 Å². The molecule has 2 heterocycles. The summed E-state index contributed by atoms with van der Waals surface area (Å²) in [6.45, 7) is 0. The summed E-state index contributed by atoms with van der Waals surface area (Å²) < 4.78 is 4.61. The molecule has 2 atom stereocenters. The Morgan fingerprint density at radius 2 is 1.95 bits per heavy atom. The number of ether oxygens (including phenoxy) is 1. The number of fused-ring (bicyclic) bond motifs is 1. The van der Waals surface area contributed by atoms with E-state index in [1.165, 1.54) is 12.0 Å². The van der Waals surface area contributed by atoms with Crippen LogP contribution in [0, 0.1) is 5.92 Å². The van der Waals surface area contributed by atoms with E-state index >= 15 is 0 Å². The Morgan fingerprint density at radius 3 is 2.60 bits per heavy atom. The van der Waals surface area contributed by atoms with E-state index in [2.05, 4.69) is 15.3 Å². The van der Waals surface area contributed by atoms with Gasteiger partial charge in [-0.3, -0.25) is 19.9 Å². The fourth-order valence-corrected chi connectivity index (χ4v) is 3.28. The van der Waals surface area contributed by atoms with E-state index < -0.39 is 17.9 Å². The molecule has 7 nitrogen and oxygen atoms in total. The first-order valence-corrected chi connectivity index (χ1v) is 6.93. The maximum Gasteiger partial charge on any atom is 0.355 e. The van der Waals surface area contributed by atoms with E-state index in [9.17, 15) is 14.4 Å². The van der Waals surface area contributed by atoms with Crippen LogP contribution in [0.15, 0.2) is 5.10 Å². The summed E-state index contributed by atoms with van der Waals surface area (Å²) >= 11 is 0. The van der Waals surface area contributed by atoms with Crippen molar-refractivity contribution in [3.05, 3.63) is 0 Å². The number of nitrogens with zero attached hydrogens (tertiary/aromatic N) is 2. The highest BCUT2D eigenvalue weighted by molar-refractivity contribution is 6.44. The standard InChI is InChI=1S/C13H17N3O4/c1-20-13(19)10-8-9(14-15-10)12(18)16(11(8)17)7-5-3-2-4-6-7/h7-9,14H,2-6H2,1H3/t8-,9-/m0/s1. The van der Waals surface area contributed by atoms with Gasteiger partial charge in [-0.25, -0.2) is 4.79 Å². The lowest BCUT2D eigenvalue weighted by molar-refractivity contribution is -0.143. The van der Waals surface area contributed by atoms with Gasteiger partial charge in [0, 0.05) is 6.04 Å². The molecular weight excluding hydrogens is 262 g/mol. The maximum absolute atomic E-state index is 12.5. The van der Waals surface area contributed by atoms with Crippen molar-refractivity contribution >= 4 is 23.5 Å². The number of hydrazone groups is 1. The maximum atomic E-state index is 12.5. The van der Waals surface area contributed by atoms with Gasteiger partial charge in [-0.05, 0) is 12.8 Å². The van der Waals surface area contributed by atoms with Crippen LogP contribution in [0.4, 0.5) is 0 Å². The van der Waals surface area contributed by atoms with E-state index in [0.29, 0.717) is 0 Å². The quantitative estimate of drug-likeness (QED) is 0.559. The lowest BCUT2D eigenvalue weighted by Gasteiger charge is -2.30. The molecule has 20 heavy (non-hydrogen) atoms. The third kappa shape index (κ3) is 1.80. The number of nitrogens with one attached hydrogen (secondary N) is 1. The molecule has 0 aromatic carbocycles. The van der Waals surface area contributed by atoms with Gasteiger partial charge in [-0.2, -0.15) is 5.10 Å². The summed E-state index contributed by atoms with van der Waals surface area (Å²) in [6.07, 6.45) is 4.90. The number of esters is 1. The minimum absolute atomic E-state index is 0.00848. The van der Waals surface area contributed by atoms with Gasteiger partial charge in [0.15, 0.2) is 5.71 Å². The first kappa shape index (κ1) is 13.1. The van der Waals surface area contributed by atoms with E-state index in [-0.39, 0.29) is 23.6 Å². The van der Waals surface area contributed by atoms with E-state index in [1.54, 1.807) is 0 Å². The number of methoxy groups -OCH3 is 1. The summed E-state index contributed by atoms with van der Waals surface area (Å²) in [6, 6.07) is -0.770. The Bertz CT molecular complexity index is 496. The number of imide groups is 1. The normalized spacial score (nSPS) is 30.1. The lowest BCUT2D eigenvalue weighted by Crippen LogP contribution is -2.44. The Morgan fingerprint density at radius 1 is 1.25 bits per heavy atom. The molecule has 3 aliphatic rings. The van der Waals surface area contributed by atoms with Crippen molar-refractivity contribution in [1.82, 2.24) is 10.3 Å². The Labute approximate surface area is 116 Å². The van der Waals surface area contributed by atoms with Crippen molar-refractivity contribution < 1.29 is 19.1 Å². The molecule has 2 amide bonds. The second-order valence-electron chi connectivity index (χ2n) is 5.41. The highest BCUT2D eigenvalue weighted by Gasteiger charge is 2.56. The first-order chi connectivity index (χ1) is 9.65. The summed E-state index contributed by atoms with van der Waals surface area (Å²) in [5.41, 5.74) is 2.62. The summed E-state index contributed by atoms with van der Waals surface area (Å²) in [7, 11) is 1.23. The van der Waals surface area contributed by atoms with Gasteiger partial charge < -0.3 is 4.74 Å². The molecule has 0 unspecified atom stereocenters. The van der Waals surface area contributed by atoms with E-state index in [0.717, 1.165) is 32.1 Å². The van der Waals surface area contributed by atoms with E-state index in [4.69, 9.17) is 0 Å². The molecule has 1 saturated heterocycles. The van der Waals surface area contributed by atoms with Crippen LogP contribution in [-0.2, 0) is 19.1 Å². The van der Waals surface area contributed by atoms with Gasteiger partial charge in [0.1, 0.15) is 12.0 Å². The van der Waals surface area contributed by atoms with Crippen molar-refractivity contribution in [2.75, 3.05) is 7.11 Å². The fraction of sp³-hybridized carbons (Fsp3) is 0.692. The predicted octanol–water partition coefficient (Wildman–Crippen LogP) is -0.195. The molecule has 3 rings (SSSR count). The van der Waals surface area contributed by atoms with Crippen LogP contribution >= 0.6 is 0 Å². The Hall–Kier alpha value is -1.92. The minimum Gasteiger partial charge on any atom is -0.464 e. The molecule has 1 N–H and O–H groups in total. The largest absolute Gasteiger partial charge is 0.464 e. The second-order valence-corrected chi connectivity index (χ2v) is 5.41. The fourth-order valence-electron chi connectivity index (χ4n) is 3.28. The predicted molar refractivity (Wildman–Crippen MR) is 68.6 cm³/mol. The van der Waals surface area contributed by atoms with Gasteiger partial charge in [0.25, 0.3) is 5.91 Å². The smallest absolute Gasteiger partial charge is 0.355 e. The zero-order valence-electron chi connectivity index (χ0n) is 11.3. The highest BCUT2D eigenvalue weighted by atomic mass is 16.5. The first-order valence-electron chi connectivity index (χ1n) is 6.93. The van der Waals surface area contributed by atoms with Gasteiger partial charge in [0.05, 0.1) is 7.11 Å². The van der Waals surface area contributed by atoms with Crippen LogP contribution in [0.2, 0.25) is 0 Å². The minimum atomic E-state index is -0.822. The lowest BCUT2D eigenvalue weighted by atomic mass is 9.94. The molecular formula is C13H17N3O4. The average Bonchev–Trinajstić information content (AvgIpc) is 3.01. The summed E-state index contributed by atoms with van der Waals surface area (Å²) in [5.74, 6) is -2.07. The molecule has 108 valence electrons. The number of amides is 2. The van der Waals surface area contributed by atoms with Gasteiger partial charge in [-0.15, -0.1) is 0 Å². The van der Waals surface area contributed by atoms with Crippen molar-refractivity contribution in [3.8, 4) is 0 Å². The highest BCUT2D eigenvalue weighted by Crippen LogP contribution is 2.32. The summed E-state index contributed by atoms with van der Waals surface area (Å²) in [5, 5.41) is 3.80. The molecule has 0 aromatic rings. The zero-order chi connectivity index (χ0) is 14.3. The molecule has 7 heteroatoms. The van der Waals surface area contributed by atoms with Crippen LogP contribution in [0.1, 0.15) is 32.1 Å². The number of hydrogen-bond donors (Lipinski definition) is 1. The van der Waals surface area contributed by atoms with Crippen LogP contribution in [0.5, 0.6) is 0 Å². The van der Waals surface area contributed by atoms with Crippen molar-refractivity contribution in [3.63, 3.8) is 0 Å². The zero-order valence-corrected chi connectivity index (χ0v) is 11.3. The number of carbonyl (C=O) groups is 3. The molecule has 2 fully saturated rings. The topological polar surface area (TPSA) is 88.1 Å². The third-order valence-electron chi connectivity index (χ3n) is 4.29. The molecule has 0 spiro atoms. The molecule has 0 radical (unpaired) electrons. The second kappa shape index (κ2) is 4.88. The van der Waals surface area contributed by atoms with Crippen LogP contribution in [0.3, 0.4) is 0 Å². The van der Waals surface area contributed by atoms with Gasteiger partial charge in [0.2, 0.25) is 5.91 Å². The molecule has 1 saturated carbocycles. The third-order valence-corrected chi connectivity index (χ3v) is 4.29. The monoisotopic (exact) mass is 279 g/mol. The van der Waals surface area contributed by atoms with Crippen molar-refractivity contribution in [1.29, 1.82) is 0 Å². The average molecular weight is 279 g/mol. The molecule has 2 aliphatic heterocycles. The Balaban J connectivity index is 1.84.